The molecule has 4 rings (SSSR count). The summed E-state index contributed by atoms with van der Waals surface area (Å²) in [7, 11) is 0. The summed E-state index contributed by atoms with van der Waals surface area (Å²) in [6.45, 7) is 1.14. The van der Waals surface area contributed by atoms with Gasteiger partial charge in [-0.15, -0.1) is 11.8 Å². The third kappa shape index (κ3) is 9.12. The number of carbonyl (C=O) groups excluding carboxylic acids is 3. The number of carboxylic acids is 1. The van der Waals surface area contributed by atoms with Gasteiger partial charge in [0.2, 0.25) is 5.91 Å². The first kappa shape index (κ1) is 34.5. The molecule has 244 valence electrons. The van der Waals surface area contributed by atoms with Gasteiger partial charge in [-0.2, -0.15) is 0 Å². The van der Waals surface area contributed by atoms with Crippen molar-refractivity contribution in [2.75, 3.05) is 23.8 Å². The fourth-order valence-corrected chi connectivity index (χ4v) is 6.35. The Labute approximate surface area is 268 Å². The third-order valence-corrected chi connectivity index (χ3v) is 8.79. The summed E-state index contributed by atoms with van der Waals surface area (Å²) in [6.07, 6.45) is -0.704. The highest BCUT2D eigenvalue weighted by molar-refractivity contribution is 8.00. The van der Waals surface area contributed by atoms with Crippen molar-refractivity contribution in [1.29, 1.82) is 0 Å². The predicted octanol–water partition coefficient (Wildman–Crippen LogP) is 3.78. The molecule has 0 bridgehead atoms. The van der Waals surface area contributed by atoms with Crippen LogP contribution >= 0.6 is 11.8 Å². The van der Waals surface area contributed by atoms with E-state index in [-0.39, 0.29) is 49.4 Å². The molecule has 5 N–H and O–H groups in total. The summed E-state index contributed by atoms with van der Waals surface area (Å²) in [4.78, 5) is 50.1. The summed E-state index contributed by atoms with van der Waals surface area (Å²) in [6, 6.07) is 16.3. The van der Waals surface area contributed by atoms with E-state index >= 15 is 0 Å². The van der Waals surface area contributed by atoms with E-state index in [1.54, 1.807) is 36.1 Å². The van der Waals surface area contributed by atoms with Crippen molar-refractivity contribution in [2.24, 2.45) is 11.7 Å². The van der Waals surface area contributed by atoms with Gasteiger partial charge in [-0.3, -0.25) is 19.2 Å². The lowest BCUT2D eigenvalue weighted by atomic mass is 9.92. The largest absolute Gasteiger partial charge is 0.484 e. The number of nitrogens with one attached hydrogen (secondary N) is 1. The van der Waals surface area contributed by atoms with Crippen LogP contribution in [0.15, 0.2) is 72.8 Å². The number of nitrogens with two attached hydrogens (primary N) is 1. The molecule has 2 amide bonds. The molecule has 0 spiro atoms. The first-order chi connectivity index (χ1) is 21.9. The zero-order valence-electron chi connectivity index (χ0n) is 25.0. The number of nitrogens with zero attached hydrogens (tertiary/aromatic N) is 1. The Balaban J connectivity index is 1.34. The standard InChI is InChI=1S/C33H35F2N3O7S/c1-19(15-27(36)33(43)44)14-25(39)16-37-29(41)17-45-26-12-4-21(5-13-26)30-31(32(42)38(30)24-10-8-23(35)9-11-24)46-18-28(40)20-2-6-22(34)7-3-20/h2-13,19,27-28,30-31,40H,14-18,36H2,1H3,(H,37,41)(H,43,44)/t19?,27-,28?,30-,31-/m1/s1. The number of thioether (sulfide) groups is 1. The molecule has 13 heteroatoms. The van der Waals surface area contributed by atoms with Crippen LogP contribution in [0.4, 0.5) is 14.5 Å². The first-order valence-electron chi connectivity index (χ1n) is 14.6. The van der Waals surface area contributed by atoms with E-state index in [2.05, 4.69) is 5.32 Å². The van der Waals surface area contributed by atoms with Gasteiger partial charge in [0.25, 0.3) is 5.91 Å². The van der Waals surface area contributed by atoms with E-state index in [1.165, 1.54) is 60.3 Å². The van der Waals surface area contributed by atoms with Crippen molar-refractivity contribution in [3.63, 3.8) is 0 Å². The van der Waals surface area contributed by atoms with Crippen molar-refractivity contribution in [1.82, 2.24) is 5.32 Å². The average Bonchev–Trinajstić information content (AvgIpc) is 3.03. The predicted molar refractivity (Wildman–Crippen MR) is 168 cm³/mol. The monoisotopic (exact) mass is 655 g/mol. The highest BCUT2D eigenvalue weighted by Crippen LogP contribution is 2.46. The summed E-state index contributed by atoms with van der Waals surface area (Å²) in [5.74, 6) is -2.69. The van der Waals surface area contributed by atoms with Crippen LogP contribution in [0.2, 0.25) is 0 Å². The Kier molecular flexibility index (Phi) is 11.9. The Bertz CT molecular complexity index is 1520. The van der Waals surface area contributed by atoms with Crippen LogP contribution in [-0.4, -0.2) is 64.0 Å². The molecule has 1 fully saturated rings. The van der Waals surface area contributed by atoms with Gasteiger partial charge in [-0.1, -0.05) is 31.2 Å². The minimum atomic E-state index is -1.14. The molecule has 10 nitrogen and oxygen atoms in total. The Morgan fingerprint density at radius 1 is 1.00 bits per heavy atom. The van der Waals surface area contributed by atoms with Gasteiger partial charge in [-0.25, -0.2) is 8.78 Å². The minimum Gasteiger partial charge on any atom is -0.484 e. The number of aliphatic hydroxyl groups excluding tert-OH is 1. The van der Waals surface area contributed by atoms with Crippen LogP contribution in [0.5, 0.6) is 5.75 Å². The third-order valence-electron chi connectivity index (χ3n) is 7.46. The van der Waals surface area contributed by atoms with Crippen molar-refractivity contribution in [2.45, 2.75) is 43.2 Å². The molecule has 2 unspecified atom stereocenters. The van der Waals surface area contributed by atoms with Gasteiger partial charge in [-0.05, 0) is 72.0 Å². The van der Waals surface area contributed by atoms with E-state index in [0.29, 0.717) is 17.0 Å². The quantitative estimate of drug-likeness (QED) is 0.169. The van der Waals surface area contributed by atoms with Gasteiger partial charge in [0.05, 0.1) is 18.7 Å². The number of rotatable bonds is 16. The molecule has 0 aliphatic carbocycles. The van der Waals surface area contributed by atoms with Crippen molar-refractivity contribution >= 4 is 41.0 Å². The van der Waals surface area contributed by atoms with Crippen LogP contribution in [0.3, 0.4) is 0 Å². The number of carboxylic acid groups (broad SMARTS) is 1. The van der Waals surface area contributed by atoms with Crippen molar-refractivity contribution < 1.29 is 42.9 Å². The lowest BCUT2D eigenvalue weighted by molar-refractivity contribution is -0.139. The first-order valence-corrected chi connectivity index (χ1v) is 15.6. The second-order valence-corrected chi connectivity index (χ2v) is 12.3. The van der Waals surface area contributed by atoms with Crippen molar-refractivity contribution in [3.8, 4) is 5.75 Å². The number of ether oxygens (including phenoxy) is 1. The number of aliphatic carboxylic acids is 1. The Morgan fingerprint density at radius 2 is 1.61 bits per heavy atom. The smallest absolute Gasteiger partial charge is 0.320 e. The molecule has 5 atom stereocenters. The molecule has 0 saturated carbocycles. The maximum Gasteiger partial charge on any atom is 0.320 e. The van der Waals surface area contributed by atoms with E-state index < -0.39 is 46.9 Å². The maximum atomic E-state index is 13.6. The number of aliphatic hydroxyl groups is 1. The maximum absolute atomic E-state index is 13.6. The van der Waals surface area contributed by atoms with Crippen LogP contribution in [0.1, 0.15) is 43.0 Å². The topological polar surface area (TPSA) is 159 Å². The number of ketones is 1. The summed E-state index contributed by atoms with van der Waals surface area (Å²) in [5, 5.41) is 21.5. The second-order valence-electron chi connectivity index (χ2n) is 11.1. The Hall–Kier alpha value is -4.33. The fraction of sp³-hybridized carbons (Fsp3) is 0.333. The lowest BCUT2D eigenvalue weighted by Crippen LogP contribution is -2.57. The van der Waals surface area contributed by atoms with Crippen LogP contribution < -0.4 is 20.7 Å². The molecule has 1 aliphatic rings. The number of carbonyl (C=O) groups is 4. The fourth-order valence-electron chi connectivity index (χ4n) is 5.05. The van der Waals surface area contributed by atoms with Gasteiger partial charge in [0.1, 0.15) is 28.7 Å². The number of benzene rings is 3. The Morgan fingerprint density at radius 3 is 2.22 bits per heavy atom. The number of hydrogen-bond donors (Lipinski definition) is 4. The number of amides is 2. The number of anilines is 1. The molecule has 1 aliphatic heterocycles. The normalized spacial score (nSPS) is 17.8. The molecule has 1 saturated heterocycles. The molecule has 1 heterocycles. The lowest BCUT2D eigenvalue weighted by Gasteiger charge is -2.47. The van der Waals surface area contributed by atoms with Crippen molar-refractivity contribution in [3.05, 3.63) is 95.6 Å². The SMILES string of the molecule is CC(CC(=O)CNC(=O)COc1ccc([C@@H]2[C@@H](SCC(O)c3ccc(F)cc3)C(=O)N2c2ccc(F)cc2)cc1)C[C@@H](N)C(=O)O. The summed E-state index contributed by atoms with van der Waals surface area (Å²) >= 11 is 1.26. The minimum absolute atomic E-state index is 0.0761. The summed E-state index contributed by atoms with van der Waals surface area (Å²) < 4.78 is 32.5. The highest BCUT2D eigenvalue weighted by atomic mass is 32.2. The number of Topliss-reactive ketones (excluding diaryl/α,β-unsaturated/α-hetero) is 1. The van der Waals surface area contributed by atoms with Crippen LogP contribution in [-0.2, 0) is 19.2 Å². The molecule has 0 radical (unpaired) electrons. The molecule has 3 aromatic carbocycles. The summed E-state index contributed by atoms with van der Waals surface area (Å²) in [5.41, 5.74) is 7.28. The van der Waals surface area contributed by atoms with Gasteiger partial charge in [0.15, 0.2) is 12.4 Å². The second kappa shape index (κ2) is 15.8. The molecular weight excluding hydrogens is 620 g/mol. The average molecular weight is 656 g/mol. The zero-order valence-corrected chi connectivity index (χ0v) is 25.8. The van der Waals surface area contributed by atoms with Gasteiger partial charge >= 0.3 is 5.97 Å². The van der Waals surface area contributed by atoms with Crippen LogP contribution in [0.25, 0.3) is 0 Å². The van der Waals surface area contributed by atoms with E-state index in [0.717, 1.165) is 5.56 Å². The molecular formula is C33H35F2N3O7S. The molecule has 3 aromatic rings. The number of halogens is 2. The zero-order chi connectivity index (χ0) is 33.4. The van der Waals surface area contributed by atoms with Gasteiger partial charge < -0.3 is 30.9 Å². The van der Waals surface area contributed by atoms with E-state index in [4.69, 9.17) is 15.6 Å². The van der Waals surface area contributed by atoms with Gasteiger partial charge in [0, 0.05) is 17.9 Å². The number of hydrogen-bond acceptors (Lipinski definition) is 8. The molecule has 46 heavy (non-hydrogen) atoms. The van der Waals surface area contributed by atoms with E-state index in [1.807, 2.05) is 0 Å². The molecule has 0 aromatic heterocycles. The number of β-lactam (4-membered cyclic amide) rings is 1. The van der Waals surface area contributed by atoms with E-state index in [9.17, 15) is 33.1 Å². The highest BCUT2D eigenvalue weighted by Gasteiger charge is 2.49. The van der Waals surface area contributed by atoms with Crippen LogP contribution in [0, 0.1) is 17.6 Å².